The van der Waals surface area contributed by atoms with Crippen LogP contribution in [0.2, 0.25) is 0 Å². The molecule has 0 aliphatic rings. The van der Waals surface area contributed by atoms with Crippen molar-refractivity contribution in [3.63, 3.8) is 0 Å². The average molecular weight is 616 g/mol. The Morgan fingerprint density at radius 2 is 1.34 bits per heavy atom. The normalized spacial score (nSPS) is 11.5. The van der Waals surface area contributed by atoms with Gasteiger partial charge in [0, 0.05) is 13.1 Å². The van der Waals surface area contributed by atoms with Crippen molar-refractivity contribution in [2.24, 2.45) is 0 Å². The first-order chi connectivity index (χ1) is 21.0. The van der Waals surface area contributed by atoms with Crippen LogP contribution in [0.1, 0.15) is 47.8 Å². The second kappa shape index (κ2) is 14.2. The summed E-state index contributed by atoms with van der Waals surface area (Å²) in [4.78, 5) is 27.1. The van der Waals surface area contributed by atoms with Gasteiger partial charge in [-0.1, -0.05) is 72.8 Å². The van der Waals surface area contributed by atoms with Crippen LogP contribution in [0.4, 0.5) is 4.79 Å². The summed E-state index contributed by atoms with van der Waals surface area (Å²) in [5.41, 5.74) is 2.10. The van der Waals surface area contributed by atoms with E-state index in [1.807, 2.05) is 81.4 Å². The molecule has 4 aromatic rings. The Morgan fingerprint density at radius 1 is 0.750 bits per heavy atom. The lowest BCUT2D eigenvalue weighted by Crippen LogP contribution is -2.37. The van der Waals surface area contributed by atoms with E-state index < -0.39 is 27.5 Å². The molecule has 4 rings (SSSR count). The summed E-state index contributed by atoms with van der Waals surface area (Å²) in [5, 5.41) is 0. The first-order valence-electron chi connectivity index (χ1n) is 14.2. The van der Waals surface area contributed by atoms with Gasteiger partial charge >= 0.3 is 12.1 Å². The van der Waals surface area contributed by atoms with E-state index in [0.29, 0.717) is 19.5 Å². The molecule has 0 aliphatic heterocycles. The first-order valence-corrected chi connectivity index (χ1v) is 15.7. The molecule has 0 fully saturated rings. The van der Waals surface area contributed by atoms with Gasteiger partial charge in [0.1, 0.15) is 23.5 Å². The molecule has 0 spiro atoms. The summed E-state index contributed by atoms with van der Waals surface area (Å²) < 4.78 is 43.4. The zero-order valence-corrected chi connectivity index (χ0v) is 26.2. The van der Waals surface area contributed by atoms with Crippen molar-refractivity contribution >= 4 is 21.9 Å². The topological polar surface area (TPSA) is 99.2 Å². The van der Waals surface area contributed by atoms with E-state index in [2.05, 4.69) is 0 Å². The van der Waals surface area contributed by atoms with Crippen LogP contribution in [0.5, 0.6) is 5.75 Å². The lowest BCUT2D eigenvalue weighted by atomic mass is 10.1. The third-order valence-electron chi connectivity index (χ3n) is 6.68. The zero-order valence-electron chi connectivity index (χ0n) is 25.4. The number of rotatable bonds is 11. The lowest BCUT2D eigenvalue weighted by Gasteiger charge is -2.27. The Hall–Kier alpha value is -4.63. The highest BCUT2D eigenvalue weighted by atomic mass is 32.2. The maximum Gasteiger partial charge on any atom is 0.410 e. The second-order valence-electron chi connectivity index (χ2n) is 11.2. The molecule has 0 saturated heterocycles. The van der Waals surface area contributed by atoms with Crippen LogP contribution >= 0.6 is 0 Å². The lowest BCUT2D eigenvalue weighted by molar-refractivity contribution is 0.0235. The Bertz CT molecular complexity index is 1660. The van der Waals surface area contributed by atoms with Gasteiger partial charge in [-0.15, -0.1) is 0 Å². The molecule has 9 heteroatoms. The number of esters is 1. The molecule has 0 N–H and O–H groups in total. The number of hydrogen-bond acceptors (Lipinski definition) is 7. The highest BCUT2D eigenvalue weighted by Gasteiger charge is 2.24. The third kappa shape index (κ3) is 8.70. The van der Waals surface area contributed by atoms with Gasteiger partial charge in [0.05, 0.1) is 16.9 Å². The molecule has 4 aromatic carbocycles. The average Bonchev–Trinajstić information content (AvgIpc) is 3.02. The van der Waals surface area contributed by atoms with Crippen molar-refractivity contribution in [1.82, 2.24) is 4.90 Å². The fourth-order valence-electron chi connectivity index (χ4n) is 4.41. The number of carbonyl (C=O) groups is 2. The largest absolute Gasteiger partial charge is 0.488 e. The summed E-state index contributed by atoms with van der Waals surface area (Å²) in [6.07, 6.45) is 0.0740. The zero-order chi connectivity index (χ0) is 31.7. The van der Waals surface area contributed by atoms with Gasteiger partial charge in [-0.3, -0.25) is 0 Å². The van der Waals surface area contributed by atoms with Crippen LogP contribution in [0.3, 0.4) is 0 Å². The van der Waals surface area contributed by atoms with Crippen LogP contribution in [0, 0.1) is 0 Å². The minimum absolute atomic E-state index is 0.0155. The van der Waals surface area contributed by atoms with Crippen LogP contribution in [-0.2, 0) is 38.9 Å². The number of sulfone groups is 1. The summed E-state index contributed by atoms with van der Waals surface area (Å²) in [7, 11) is -2.73. The highest BCUT2D eigenvalue weighted by molar-refractivity contribution is 7.91. The number of hydrogen-bond donors (Lipinski definition) is 0. The summed E-state index contributed by atoms with van der Waals surface area (Å²) in [6.45, 7) is 6.44. The fraction of sp³-hybridized carbons (Fsp3) is 0.257. The maximum atomic E-state index is 13.5. The van der Waals surface area contributed by atoms with E-state index in [9.17, 15) is 18.0 Å². The molecule has 0 saturated carbocycles. The van der Waals surface area contributed by atoms with E-state index in [1.54, 1.807) is 17.0 Å². The minimum Gasteiger partial charge on any atom is -0.488 e. The van der Waals surface area contributed by atoms with Gasteiger partial charge in [0.25, 0.3) is 0 Å². The van der Waals surface area contributed by atoms with E-state index in [4.69, 9.17) is 14.2 Å². The SMILES string of the molecule is COC(=O)c1cc(S(=O)(=O)c2ccc(CCN(Cc3ccccc3)C(=O)OC(C)(C)C)cc2)ccc1OCc1ccccc1. The molecule has 0 unspecified atom stereocenters. The van der Waals surface area contributed by atoms with Crippen molar-refractivity contribution in [3.8, 4) is 5.75 Å². The number of nitrogens with zero attached hydrogens (tertiary/aromatic N) is 1. The predicted molar refractivity (Wildman–Crippen MR) is 167 cm³/mol. The molecule has 0 heterocycles. The monoisotopic (exact) mass is 615 g/mol. The molecule has 0 aliphatic carbocycles. The number of amides is 1. The Morgan fingerprint density at radius 3 is 1.93 bits per heavy atom. The molecule has 1 amide bonds. The van der Waals surface area contributed by atoms with Gasteiger partial charge < -0.3 is 19.1 Å². The molecular formula is C35H37NO7S. The summed E-state index contributed by atoms with van der Waals surface area (Å²) in [6, 6.07) is 29.7. The van der Waals surface area contributed by atoms with Crippen molar-refractivity contribution in [2.75, 3.05) is 13.7 Å². The minimum atomic E-state index is -3.96. The molecule has 0 aromatic heterocycles. The Balaban J connectivity index is 1.49. The van der Waals surface area contributed by atoms with Crippen molar-refractivity contribution in [3.05, 3.63) is 125 Å². The molecule has 0 bridgehead atoms. The van der Waals surface area contributed by atoms with Crippen molar-refractivity contribution < 1.29 is 32.2 Å². The van der Waals surface area contributed by atoms with Gasteiger partial charge in [0.2, 0.25) is 9.84 Å². The Kier molecular flexibility index (Phi) is 10.4. The van der Waals surface area contributed by atoms with E-state index in [-0.39, 0.29) is 27.7 Å². The van der Waals surface area contributed by atoms with Crippen LogP contribution < -0.4 is 4.74 Å². The molecular weight excluding hydrogens is 578 g/mol. The molecule has 0 radical (unpaired) electrons. The highest BCUT2D eigenvalue weighted by Crippen LogP contribution is 2.28. The molecule has 44 heavy (non-hydrogen) atoms. The second-order valence-corrected chi connectivity index (χ2v) is 13.2. The molecule has 0 atom stereocenters. The third-order valence-corrected chi connectivity index (χ3v) is 8.44. The van der Waals surface area contributed by atoms with E-state index in [0.717, 1.165) is 16.7 Å². The summed E-state index contributed by atoms with van der Waals surface area (Å²) >= 11 is 0. The molecule has 230 valence electrons. The number of methoxy groups -OCH3 is 1. The predicted octanol–water partition coefficient (Wildman–Crippen LogP) is 6.86. The van der Waals surface area contributed by atoms with Crippen LogP contribution in [0.25, 0.3) is 0 Å². The number of carbonyl (C=O) groups excluding carboxylic acids is 2. The maximum absolute atomic E-state index is 13.5. The smallest absolute Gasteiger partial charge is 0.410 e. The fourth-order valence-corrected chi connectivity index (χ4v) is 5.69. The van der Waals surface area contributed by atoms with Crippen molar-refractivity contribution in [1.29, 1.82) is 0 Å². The number of benzene rings is 4. The van der Waals surface area contributed by atoms with E-state index in [1.165, 1.54) is 37.4 Å². The standard InChI is InChI=1S/C35H37NO7S/c1-35(2,3)43-34(38)36(24-27-11-7-5-8-12-27)22-21-26-15-17-29(18-16-26)44(39,40)30-19-20-32(31(23-30)33(37)41-4)42-25-28-13-9-6-10-14-28/h5-20,23H,21-22,24-25H2,1-4H3. The van der Waals surface area contributed by atoms with Crippen LogP contribution in [-0.4, -0.2) is 44.6 Å². The van der Waals surface area contributed by atoms with Crippen molar-refractivity contribution in [2.45, 2.75) is 55.7 Å². The Labute approximate surface area is 259 Å². The van der Waals surface area contributed by atoms with Gasteiger partial charge in [0.15, 0.2) is 0 Å². The van der Waals surface area contributed by atoms with E-state index >= 15 is 0 Å². The number of ether oxygens (including phenoxy) is 3. The first kappa shape index (κ1) is 32.3. The van der Waals surface area contributed by atoms with Gasteiger partial charge in [-0.25, -0.2) is 18.0 Å². The van der Waals surface area contributed by atoms with Crippen LogP contribution in [0.15, 0.2) is 113 Å². The molecule has 8 nitrogen and oxygen atoms in total. The van der Waals surface area contributed by atoms with Gasteiger partial charge in [-0.2, -0.15) is 0 Å². The quantitative estimate of drug-likeness (QED) is 0.170. The summed E-state index contributed by atoms with van der Waals surface area (Å²) in [5.74, 6) is -0.481. The van der Waals surface area contributed by atoms with Gasteiger partial charge in [-0.05, 0) is 74.2 Å².